The van der Waals surface area contributed by atoms with Crippen LogP contribution in [0.15, 0.2) is 88.1 Å². The summed E-state index contributed by atoms with van der Waals surface area (Å²) in [7, 11) is 0. The van der Waals surface area contributed by atoms with Crippen LogP contribution in [0.4, 0.5) is 0 Å². The van der Waals surface area contributed by atoms with Crippen LogP contribution < -0.4 is 17.2 Å². The van der Waals surface area contributed by atoms with E-state index in [0.717, 1.165) is 5.56 Å². The van der Waals surface area contributed by atoms with Gasteiger partial charge in [-0.25, -0.2) is 0 Å². The minimum absolute atomic E-state index is 0.0562. The zero-order valence-electron chi connectivity index (χ0n) is 18.8. The topological polar surface area (TPSA) is 98.3 Å². The maximum atomic E-state index is 11.4. The second-order valence-corrected chi connectivity index (χ2v) is 8.35. The van der Waals surface area contributed by atoms with Crippen LogP contribution in [0.25, 0.3) is 0 Å². The fraction of sp³-hybridized carbons (Fsp3) is 0.333. The van der Waals surface area contributed by atoms with Crippen molar-refractivity contribution >= 4 is 0 Å². The van der Waals surface area contributed by atoms with Crippen molar-refractivity contribution in [3.8, 4) is 5.75 Å². The lowest BCUT2D eigenvalue weighted by molar-refractivity contribution is 0.371. The van der Waals surface area contributed by atoms with E-state index in [1.807, 2.05) is 12.1 Å². The van der Waals surface area contributed by atoms with E-state index >= 15 is 0 Å². The average molecular weight is 422 g/mol. The number of rotatable bonds is 15. The molecule has 0 saturated heterocycles. The highest BCUT2D eigenvalue weighted by Crippen LogP contribution is 2.44. The molecule has 0 radical (unpaired) electrons. The van der Waals surface area contributed by atoms with Crippen molar-refractivity contribution in [1.82, 2.24) is 0 Å². The Morgan fingerprint density at radius 2 is 0.839 bits per heavy atom. The Balaban J connectivity index is 4.05. The van der Waals surface area contributed by atoms with Gasteiger partial charge in [0.2, 0.25) is 0 Å². The zero-order valence-corrected chi connectivity index (χ0v) is 18.8. The highest BCUT2D eigenvalue weighted by molar-refractivity contribution is 5.53. The second kappa shape index (κ2) is 11.1. The van der Waals surface area contributed by atoms with E-state index in [1.165, 1.54) is 0 Å². The largest absolute Gasteiger partial charge is 0.507 e. The van der Waals surface area contributed by atoms with Crippen molar-refractivity contribution < 1.29 is 5.11 Å². The number of phenols is 1. The van der Waals surface area contributed by atoms with Crippen molar-refractivity contribution in [2.75, 3.05) is 0 Å². The Morgan fingerprint density at radius 3 is 1.10 bits per heavy atom. The molecular formula is C27H39N3O. The first kappa shape index (κ1) is 26.4. The summed E-state index contributed by atoms with van der Waals surface area (Å²) >= 11 is 0. The van der Waals surface area contributed by atoms with Gasteiger partial charge in [0.25, 0.3) is 0 Å². The first-order chi connectivity index (χ1) is 14.6. The molecule has 0 fully saturated rings. The third kappa shape index (κ3) is 5.73. The SMILES string of the molecule is C=CCC(N)(CC=C)c1cc(C(N)(CC=C)CC=C)c(O)c(C(N)(CC=C)CC=C)c1. The molecular weight excluding hydrogens is 382 g/mol. The van der Waals surface area contributed by atoms with Gasteiger partial charge in [-0.05, 0) is 56.2 Å². The number of aromatic hydroxyl groups is 1. The molecule has 4 nitrogen and oxygen atoms in total. The monoisotopic (exact) mass is 421 g/mol. The van der Waals surface area contributed by atoms with E-state index in [1.54, 1.807) is 36.5 Å². The lowest BCUT2D eigenvalue weighted by Crippen LogP contribution is -2.41. The van der Waals surface area contributed by atoms with Gasteiger partial charge in [-0.15, -0.1) is 39.5 Å². The van der Waals surface area contributed by atoms with Crippen LogP contribution in [0.5, 0.6) is 5.75 Å². The molecule has 7 N–H and O–H groups in total. The standard InChI is InChI=1S/C27H39N3O/c1-7-13-25(28,14-8-2)21-19-22(26(29,15-9-3)16-10-4)24(31)23(20-21)27(30,17-11-5)18-12-6/h7-12,19-20,31H,1-6,13-18,28-30H2. The van der Waals surface area contributed by atoms with E-state index in [0.29, 0.717) is 49.7 Å². The lowest BCUT2D eigenvalue weighted by Gasteiger charge is -2.37. The Labute approximate surface area is 188 Å². The van der Waals surface area contributed by atoms with Crippen LogP contribution in [0.2, 0.25) is 0 Å². The van der Waals surface area contributed by atoms with E-state index in [2.05, 4.69) is 39.5 Å². The van der Waals surface area contributed by atoms with Gasteiger partial charge in [0.05, 0.1) is 11.1 Å². The molecule has 0 aliphatic rings. The lowest BCUT2D eigenvalue weighted by atomic mass is 9.73. The molecule has 31 heavy (non-hydrogen) atoms. The van der Waals surface area contributed by atoms with Gasteiger partial charge in [-0.3, -0.25) is 0 Å². The first-order valence-electron chi connectivity index (χ1n) is 10.5. The Kier molecular flexibility index (Phi) is 9.44. The van der Waals surface area contributed by atoms with Crippen LogP contribution >= 0.6 is 0 Å². The van der Waals surface area contributed by atoms with E-state index in [-0.39, 0.29) is 5.75 Å². The van der Waals surface area contributed by atoms with Crippen molar-refractivity contribution in [3.05, 3.63) is 105 Å². The van der Waals surface area contributed by atoms with Crippen LogP contribution in [0.1, 0.15) is 55.2 Å². The molecule has 0 saturated carbocycles. The Bertz CT molecular complexity index is 756. The van der Waals surface area contributed by atoms with Crippen molar-refractivity contribution in [1.29, 1.82) is 0 Å². The third-order valence-corrected chi connectivity index (χ3v) is 5.81. The fourth-order valence-electron chi connectivity index (χ4n) is 4.15. The average Bonchev–Trinajstić information content (AvgIpc) is 2.69. The Morgan fingerprint density at radius 1 is 0.581 bits per heavy atom. The van der Waals surface area contributed by atoms with Gasteiger partial charge in [0.15, 0.2) is 0 Å². The summed E-state index contributed by atoms with van der Waals surface area (Å²) in [6.45, 7) is 23.1. The molecule has 0 bridgehead atoms. The number of nitrogens with two attached hydrogens (primary N) is 3. The zero-order chi connectivity index (χ0) is 23.7. The summed E-state index contributed by atoms with van der Waals surface area (Å²) < 4.78 is 0. The van der Waals surface area contributed by atoms with Crippen LogP contribution in [0, 0.1) is 0 Å². The van der Waals surface area contributed by atoms with Crippen molar-refractivity contribution in [2.24, 2.45) is 17.2 Å². The molecule has 0 aromatic heterocycles. The molecule has 0 aliphatic carbocycles. The predicted molar refractivity (Wildman–Crippen MR) is 135 cm³/mol. The fourth-order valence-corrected chi connectivity index (χ4v) is 4.15. The van der Waals surface area contributed by atoms with Gasteiger partial charge in [0, 0.05) is 16.7 Å². The van der Waals surface area contributed by atoms with Crippen LogP contribution in [-0.4, -0.2) is 5.11 Å². The van der Waals surface area contributed by atoms with Gasteiger partial charge >= 0.3 is 0 Å². The molecule has 0 heterocycles. The predicted octanol–water partition coefficient (Wildman–Crippen LogP) is 5.31. The van der Waals surface area contributed by atoms with Crippen molar-refractivity contribution in [3.63, 3.8) is 0 Å². The minimum atomic E-state index is -0.912. The van der Waals surface area contributed by atoms with Crippen LogP contribution in [-0.2, 0) is 16.6 Å². The number of hydrogen-bond donors (Lipinski definition) is 4. The van der Waals surface area contributed by atoms with E-state index in [9.17, 15) is 5.11 Å². The molecule has 4 heteroatoms. The molecule has 1 rings (SSSR count). The molecule has 168 valence electrons. The quantitative estimate of drug-likeness (QED) is 0.288. The highest BCUT2D eigenvalue weighted by Gasteiger charge is 2.37. The Hall–Kier alpha value is -2.66. The molecule has 0 unspecified atom stereocenters. The molecule has 1 aromatic carbocycles. The smallest absolute Gasteiger partial charge is 0.125 e. The summed E-state index contributed by atoms with van der Waals surface area (Å²) in [5.41, 5.74) is 19.8. The van der Waals surface area contributed by atoms with Crippen LogP contribution in [0.3, 0.4) is 0 Å². The summed E-state index contributed by atoms with van der Waals surface area (Å²) in [4.78, 5) is 0. The molecule has 0 atom stereocenters. The minimum Gasteiger partial charge on any atom is -0.507 e. The third-order valence-electron chi connectivity index (χ3n) is 5.81. The van der Waals surface area contributed by atoms with Gasteiger partial charge in [-0.2, -0.15) is 0 Å². The van der Waals surface area contributed by atoms with Gasteiger partial charge in [0.1, 0.15) is 5.75 Å². The summed E-state index contributed by atoms with van der Waals surface area (Å²) in [5.74, 6) is 0.0562. The summed E-state index contributed by atoms with van der Waals surface area (Å²) in [6.07, 6.45) is 13.3. The summed E-state index contributed by atoms with van der Waals surface area (Å²) in [5, 5.41) is 11.4. The molecule has 0 amide bonds. The summed E-state index contributed by atoms with van der Waals surface area (Å²) in [6, 6.07) is 3.75. The first-order valence-corrected chi connectivity index (χ1v) is 10.5. The maximum absolute atomic E-state index is 11.4. The van der Waals surface area contributed by atoms with Gasteiger partial charge < -0.3 is 22.3 Å². The maximum Gasteiger partial charge on any atom is 0.125 e. The van der Waals surface area contributed by atoms with E-state index < -0.39 is 16.6 Å². The number of benzene rings is 1. The molecule has 0 spiro atoms. The van der Waals surface area contributed by atoms with E-state index in [4.69, 9.17) is 17.2 Å². The molecule has 1 aromatic rings. The highest BCUT2D eigenvalue weighted by atomic mass is 16.3. The number of phenolic OH excluding ortho intramolecular Hbond substituents is 1. The molecule has 0 aliphatic heterocycles. The van der Waals surface area contributed by atoms with Gasteiger partial charge in [-0.1, -0.05) is 36.5 Å². The number of hydrogen-bond acceptors (Lipinski definition) is 4. The van der Waals surface area contributed by atoms with Crippen molar-refractivity contribution in [2.45, 2.75) is 55.1 Å². The second-order valence-electron chi connectivity index (χ2n) is 8.35. The normalized spacial score (nSPS) is 12.1.